The minimum absolute atomic E-state index is 0.0358. The fraction of sp³-hybridized carbons (Fsp3) is 0.455. The van der Waals surface area contributed by atoms with Crippen LogP contribution < -0.4 is 0 Å². The predicted octanol–water partition coefficient (Wildman–Crippen LogP) is 4.67. The van der Waals surface area contributed by atoms with Crippen LogP contribution in [-0.4, -0.2) is 0 Å². The third kappa shape index (κ3) is 3.21. The first kappa shape index (κ1) is 10.9. The third-order valence-corrected chi connectivity index (χ3v) is 2.68. The van der Waals surface area contributed by atoms with Crippen LogP contribution in [0.3, 0.4) is 0 Å². The summed E-state index contributed by atoms with van der Waals surface area (Å²) in [5, 5.41) is 0.803. The first-order valence-electron chi connectivity index (χ1n) is 4.49. The van der Waals surface area contributed by atoms with Gasteiger partial charge in [-0.15, -0.1) is 11.6 Å². The molecule has 0 aliphatic carbocycles. The van der Waals surface area contributed by atoms with E-state index < -0.39 is 0 Å². The van der Waals surface area contributed by atoms with Crippen LogP contribution in [0.5, 0.6) is 0 Å². The van der Waals surface area contributed by atoms with Gasteiger partial charge in [0, 0.05) is 5.02 Å². The molecule has 2 heteroatoms. The van der Waals surface area contributed by atoms with Crippen LogP contribution in [0.25, 0.3) is 0 Å². The molecule has 0 fully saturated rings. The molecule has 13 heavy (non-hydrogen) atoms. The Morgan fingerprint density at radius 1 is 1.23 bits per heavy atom. The van der Waals surface area contributed by atoms with Crippen molar-refractivity contribution in [2.75, 3.05) is 0 Å². The first-order chi connectivity index (χ1) is 6.11. The lowest BCUT2D eigenvalue weighted by Crippen LogP contribution is -1.96. The maximum Gasteiger partial charge on any atom is 0.0602 e. The molecule has 1 aromatic carbocycles. The average molecular weight is 217 g/mol. The summed E-state index contributed by atoms with van der Waals surface area (Å²) in [4.78, 5) is 0. The van der Waals surface area contributed by atoms with Crippen LogP contribution in [0, 0.1) is 5.92 Å². The zero-order chi connectivity index (χ0) is 9.84. The second-order valence-corrected chi connectivity index (χ2v) is 4.55. The molecule has 0 spiro atoms. The molecular formula is C11H14Cl2. The van der Waals surface area contributed by atoms with E-state index in [2.05, 4.69) is 13.8 Å². The second-order valence-electron chi connectivity index (χ2n) is 3.62. The number of benzene rings is 1. The Bertz CT molecular complexity index is 269. The first-order valence-corrected chi connectivity index (χ1v) is 5.31. The van der Waals surface area contributed by atoms with E-state index in [1.54, 1.807) is 0 Å². The topological polar surface area (TPSA) is 0 Å². The summed E-state index contributed by atoms with van der Waals surface area (Å²) in [7, 11) is 0. The van der Waals surface area contributed by atoms with Crippen molar-refractivity contribution in [2.45, 2.75) is 25.6 Å². The summed E-state index contributed by atoms with van der Waals surface area (Å²) in [5.74, 6) is 0.596. The summed E-state index contributed by atoms with van der Waals surface area (Å²) >= 11 is 12.2. The van der Waals surface area contributed by atoms with Gasteiger partial charge in [-0.05, 0) is 24.0 Å². The van der Waals surface area contributed by atoms with Crippen LogP contribution in [0.2, 0.25) is 5.02 Å². The maximum absolute atomic E-state index is 6.22. The van der Waals surface area contributed by atoms with Gasteiger partial charge in [-0.25, -0.2) is 0 Å². The van der Waals surface area contributed by atoms with Crippen molar-refractivity contribution in [3.05, 3.63) is 34.9 Å². The zero-order valence-corrected chi connectivity index (χ0v) is 9.44. The van der Waals surface area contributed by atoms with Gasteiger partial charge in [0.15, 0.2) is 0 Å². The van der Waals surface area contributed by atoms with E-state index in [0.717, 1.165) is 17.0 Å². The smallest absolute Gasteiger partial charge is 0.0602 e. The van der Waals surface area contributed by atoms with Crippen molar-refractivity contribution in [1.82, 2.24) is 0 Å². The molecule has 0 aromatic heterocycles. The van der Waals surface area contributed by atoms with Gasteiger partial charge in [-0.3, -0.25) is 0 Å². The minimum atomic E-state index is 0.0358. The monoisotopic (exact) mass is 216 g/mol. The van der Waals surface area contributed by atoms with Gasteiger partial charge in [0.05, 0.1) is 5.38 Å². The van der Waals surface area contributed by atoms with Gasteiger partial charge in [0.25, 0.3) is 0 Å². The standard InChI is InChI=1S/C11H14Cl2/c1-8(2)7-11(13)9-5-3-4-6-10(9)12/h3-6,8,11H,7H2,1-2H3. The molecule has 0 amide bonds. The molecule has 0 aliphatic heterocycles. The SMILES string of the molecule is CC(C)CC(Cl)c1ccccc1Cl. The number of hydrogen-bond donors (Lipinski definition) is 0. The normalized spacial score (nSPS) is 13.3. The van der Waals surface area contributed by atoms with Crippen molar-refractivity contribution >= 4 is 23.2 Å². The van der Waals surface area contributed by atoms with Crippen molar-refractivity contribution in [2.24, 2.45) is 5.92 Å². The second kappa shape index (κ2) is 4.88. The molecule has 1 unspecified atom stereocenters. The summed E-state index contributed by atoms with van der Waals surface area (Å²) in [6.07, 6.45) is 0.964. The Morgan fingerprint density at radius 3 is 2.38 bits per heavy atom. The van der Waals surface area contributed by atoms with Crippen molar-refractivity contribution < 1.29 is 0 Å². The average Bonchev–Trinajstić information content (AvgIpc) is 2.03. The van der Waals surface area contributed by atoms with Gasteiger partial charge in [0.2, 0.25) is 0 Å². The lowest BCUT2D eigenvalue weighted by molar-refractivity contribution is 0.575. The Hall–Kier alpha value is -0.200. The van der Waals surface area contributed by atoms with E-state index in [9.17, 15) is 0 Å². The number of halogens is 2. The fourth-order valence-corrected chi connectivity index (χ4v) is 2.14. The quantitative estimate of drug-likeness (QED) is 0.645. The van der Waals surface area contributed by atoms with Crippen molar-refractivity contribution in [3.63, 3.8) is 0 Å². The van der Waals surface area contributed by atoms with Crippen LogP contribution in [0.15, 0.2) is 24.3 Å². The zero-order valence-electron chi connectivity index (χ0n) is 7.93. The van der Waals surface area contributed by atoms with Gasteiger partial charge in [0.1, 0.15) is 0 Å². The predicted molar refractivity (Wildman–Crippen MR) is 59.5 cm³/mol. The Labute approximate surface area is 89.9 Å². The fourth-order valence-electron chi connectivity index (χ4n) is 1.27. The highest BCUT2D eigenvalue weighted by Crippen LogP contribution is 2.32. The number of hydrogen-bond acceptors (Lipinski definition) is 0. The molecule has 0 bridgehead atoms. The molecule has 72 valence electrons. The molecule has 0 nitrogen and oxygen atoms in total. The van der Waals surface area contributed by atoms with E-state index in [1.165, 1.54) is 0 Å². The Kier molecular flexibility index (Phi) is 4.08. The van der Waals surface area contributed by atoms with Crippen molar-refractivity contribution in [3.8, 4) is 0 Å². The van der Waals surface area contributed by atoms with E-state index in [4.69, 9.17) is 23.2 Å². The molecule has 0 N–H and O–H groups in total. The summed E-state index contributed by atoms with van der Waals surface area (Å²) < 4.78 is 0. The molecule has 0 radical (unpaired) electrons. The van der Waals surface area contributed by atoms with E-state index in [1.807, 2.05) is 24.3 Å². The molecule has 0 heterocycles. The molecule has 0 aliphatic rings. The molecular weight excluding hydrogens is 203 g/mol. The van der Waals surface area contributed by atoms with Crippen LogP contribution >= 0.6 is 23.2 Å². The van der Waals surface area contributed by atoms with Gasteiger partial charge in [-0.2, -0.15) is 0 Å². The highest BCUT2D eigenvalue weighted by molar-refractivity contribution is 6.32. The van der Waals surface area contributed by atoms with E-state index >= 15 is 0 Å². The number of alkyl halides is 1. The minimum Gasteiger partial charge on any atom is -0.118 e. The third-order valence-electron chi connectivity index (χ3n) is 1.92. The highest BCUT2D eigenvalue weighted by atomic mass is 35.5. The molecule has 1 atom stereocenters. The molecule has 0 saturated heterocycles. The summed E-state index contributed by atoms with van der Waals surface area (Å²) in [6.45, 7) is 4.32. The maximum atomic E-state index is 6.22. The Morgan fingerprint density at radius 2 is 1.85 bits per heavy atom. The largest absolute Gasteiger partial charge is 0.118 e. The lowest BCUT2D eigenvalue weighted by atomic mass is 10.0. The van der Waals surface area contributed by atoms with Gasteiger partial charge >= 0.3 is 0 Å². The summed E-state index contributed by atoms with van der Waals surface area (Å²) in [6, 6.07) is 7.76. The van der Waals surface area contributed by atoms with Crippen LogP contribution in [0.4, 0.5) is 0 Å². The highest BCUT2D eigenvalue weighted by Gasteiger charge is 2.12. The van der Waals surface area contributed by atoms with Crippen molar-refractivity contribution in [1.29, 1.82) is 0 Å². The van der Waals surface area contributed by atoms with E-state index in [-0.39, 0.29) is 5.38 Å². The van der Waals surface area contributed by atoms with Gasteiger partial charge < -0.3 is 0 Å². The summed E-state index contributed by atoms with van der Waals surface area (Å²) in [5.41, 5.74) is 1.04. The molecule has 0 saturated carbocycles. The molecule has 1 aromatic rings. The van der Waals surface area contributed by atoms with Crippen LogP contribution in [-0.2, 0) is 0 Å². The Balaban J connectivity index is 2.76. The van der Waals surface area contributed by atoms with Gasteiger partial charge in [-0.1, -0.05) is 43.6 Å². The van der Waals surface area contributed by atoms with E-state index in [0.29, 0.717) is 5.92 Å². The molecule has 1 rings (SSSR count). The van der Waals surface area contributed by atoms with Crippen LogP contribution in [0.1, 0.15) is 31.2 Å². The number of rotatable bonds is 3. The lowest BCUT2D eigenvalue weighted by Gasteiger charge is -2.13.